The van der Waals surface area contributed by atoms with Gasteiger partial charge in [0, 0.05) is 21.1 Å². The highest BCUT2D eigenvalue weighted by atomic mass is 16.3. The van der Waals surface area contributed by atoms with E-state index in [1.807, 2.05) is 19.0 Å². The normalized spacial score (nSPS) is 17.3. The lowest BCUT2D eigenvalue weighted by atomic mass is 9.99. The van der Waals surface area contributed by atoms with Crippen LogP contribution in [0.1, 0.15) is 25.7 Å². The molecule has 1 fully saturated rings. The Bertz CT molecular complexity index is 430. The van der Waals surface area contributed by atoms with E-state index in [-0.39, 0.29) is 12.1 Å². The van der Waals surface area contributed by atoms with Gasteiger partial charge in [0.2, 0.25) is 17.8 Å². The van der Waals surface area contributed by atoms with Crippen molar-refractivity contribution < 1.29 is 5.11 Å². The summed E-state index contributed by atoms with van der Waals surface area (Å²) in [5, 5.41) is 15.8. The molecule has 1 aliphatic rings. The second-order valence-electron chi connectivity index (χ2n) is 5.20. The molecule has 0 saturated heterocycles. The summed E-state index contributed by atoms with van der Waals surface area (Å²) < 4.78 is 0. The van der Waals surface area contributed by atoms with Gasteiger partial charge in [-0.3, -0.25) is 0 Å². The molecule has 0 amide bonds. The lowest BCUT2D eigenvalue weighted by Gasteiger charge is -2.28. The Labute approximate surface area is 113 Å². The van der Waals surface area contributed by atoms with Crippen LogP contribution >= 0.6 is 0 Å². The molecule has 1 aromatic rings. The molecule has 0 unspecified atom stereocenters. The van der Waals surface area contributed by atoms with Crippen molar-refractivity contribution in [3.63, 3.8) is 0 Å². The molecular formula is C12H22N6O. The molecule has 0 aliphatic heterocycles. The Kier molecular flexibility index (Phi) is 4.04. The van der Waals surface area contributed by atoms with Crippen LogP contribution in [0.2, 0.25) is 0 Å². The highest BCUT2D eigenvalue weighted by molar-refractivity contribution is 5.44. The van der Waals surface area contributed by atoms with Crippen molar-refractivity contribution in [1.29, 1.82) is 0 Å². The first-order valence-electron chi connectivity index (χ1n) is 6.59. The monoisotopic (exact) mass is 266 g/mol. The largest absolute Gasteiger partial charge is 0.394 e. The molecule has 0 atom stereocenters. The molecular weight excluding hydrogens is 244 g/mol. The van der Waals surface area contributed by atoms with Crippen LogP contribution in [0, 0.1) is 0 Å². The van der Waals surface area contributed by atoms with Gasteiger partial charge in [-0.15, -0.1) is 0 Å². The SMILES string of the molecule is CNc1nc(NC2(CO)CCCC2)nc(N(C)C)n1. The van der Waals surface area contributed by atoms with Crippen molar-refractivity contribution in [1.82, 2.24) is 15.0 Å². The quantitative estimate of drug-likeness (QED) is 0.723. The summed E-state index contributed by atoms with van der Waals surface area (Å²) in [5.41, 5.74) is -0.282. The molecule has 1 saturated carbocycles. The van der Waals surface area contributed by atoms with Crippen molar-refractivity contribution in [2.75, 3.05) is 43.3 Å². The molecule has 0 bridgehead atoms. The predicted octanol–water partition coefficient (Wildman–Crippen LogP) is 0.696. The van der Waals surface area contributed by atoms with Gasteiger partial charge in [-0.2, -0.15) is 15.0 Å². The standard InChI is InChI=1S/C12H22N6O/c1-13-9-14-10(16-11(15-9)18(2)3)17-12(8-19)6-4-5-7-12/h19H,4-8H2,1-3H3,(H2,13,14,15,16,17). The summed E-state index contributed by atoms with van der Waals surface area (Å²) in [4.78, 5) is 14.8. The molecule has 2 rings (SSSR count). The first kappa shape index (κ1) is 13.8. The fraction of sp³-hybridized carbons (Fsp3) is 0.750. The molecule has 0 radical (unpaired) electrons. The van der Waals surface area contributed by atoms with Crippen LogP contribution in [-0.2, 0) is 0 Å². The highest BCUT2D eigenvalue weighted by Gasteiger charge is 2.34. The Morgan fingerprint density at radius 2 is 1.79 bits per heavy atom. The number of nitrogens with one attached hydrogen (secondary N) is 2. The maximum absolute atomic E-state index is 9.62. The summed E-state index contributed by atoms with van der Waals surface area (Å²) in [6.07, 6.45) is 4.14. The van der Waals surface area contributed by atoms with E-state index in [1.165, 1.54) is 0 Å². The maximum atomic E-state index is 9.62. The van der Waals surface area contributed by atoms with Crippen molar-refractivity contribution in [3.05, 3.63) is 0 Å². The lowest BCUT2D eigenvalue weighted by molar-refractivity contribution is 0.213. The summed E-state index contributed by atoms with van der Waals surface area (Å²) in [6, 6.07) is 0. The highest BCUT2D eigenvalue weighted by Crippen LogP contribution is 2.32. The zero-order valence-electron chi connectivity index (χ0n) is 11.8. The van der Waals surface area contributed by atoms with Gasteiger partial charge < -0.3 is 20.6 Å². The van der Waals surface area contributed by atoms with Gasteiger partial charge in [0.15, 0.2) is 0 Å². The summed E-state index contributed by atoms with van der Waals surface area (Å²) in [5.74, 6) is 1.62. The van der Waals surface area contributed by atoms with E-state index in [4.69, 9.17) is 0 Å². The van der Waals surface area contributed by atoms with Gasteiger partial charge >= 0.3 is 0 Å². The summed E-state index contributed by atoms with van der Waals surface area (Å²) >= 11 is 0. The maximum Gasteiger partial charge on any atom is 0.231 e. The van der Waals surface area contributed by atoms with E-state index in [9.17, 15) is 5.11 Å². The van der Waals surface area contributed by atoms with Crippen molar-refractivity contribution >= 4 is 17.8 Å². The van der Waals surface area contributed by atoms with Gasteiger partial charge in [0.25, 0.3) is 0 Å². The third kappa shape index (κ3) is 3.04. The average molecular weight is 266 g/mol. The predicted molar refractivity (Wildman–Crippen MR) is 75.6 cm³/mol. The van der Waals surface area contributed by atoms with Crippen LogP contribution in [0.4, 0.5) is 17.8 Å². The van der Waals surface area contributed by atoms with Crippen LogP contribution in [0.25, 0.3) is 0 Å². The molecule has 7 heteroatoms. The fourth-order valence-corrected chi connectivity index (χ4v) is 2.34. The third-order valence-electron chi connectivity index (χ3n) is 3.49. The number of hydrogen-bond donors (Lipinski definition) is 3. The minimum atomic E-state index is -0.282. The smallest absolute Gasteiger partial charge is 0.231 e. The van der Waals surface area contributed by atoms with Gasteiger partial charge in [-0.25, -0.2) is 0 Å². The molecule has 106 valence electrons. The van der Waals surface area contributed by atoms with E-state index >= 15 is 0 Å². The fourth-order valence-electron chi connectivity index (χ4n) is 2.34. The Morgan fingerprint density at radius 3 is 2.32 bits per heavy atom. The second-order valence-corrected chi connectivity index (χ2v) is 5.20. The van der Waals surface area contributed by atoms with Crippen LogP contribution in [-0.4, -0.2) is 53.3 Å². The van der Waals surface area contributed by atoms with Gasteiger partial charge in [-0.1, -0.05) is 12.8 Å². The first-order chi connectivity index (χ1) is 9.08. The molecule has 0 aromatic carbocycles. The van der Waals surface area contributed by atoms with Crippen molar-refractivity contribution in [3.8, 4) is 0 Å². The Hall–Kier alpha value is -1.63. The summed E-state index contributed by atoms with van der Waals surface area (Å²) in [6.45, 7) is 0.102. The molecule has 1 heterocycles. The molecule has 7 nitrogen and oxygen atoms in total. The number of rotatable bonds is 5. The van der Waals surface area contributed by atoms with Crippen molar-refractivity contribution in [2.24, 2.45) is 0 Å². The van der Waals surface area contributed by atoms with Crippen LogP contribution in [0.15, 0.2) is 0 Å². The van der Waals surface area contributed by atoms with Crippen LogP contribution in [0.3, 0.4) is 0 Å². The molecule has 1 aromatic heterocycles. The second kappa shape index (κ2) is 5.56. The van der Waals surface area contributed by atoms with Gasteiger partial charge in [0.05, 0.1) is 12.1 Å². The molecule has 19 heavy (non-hydrogen) atoms. The number of aliphatic hydroxyl groups is 1. The average Bonchev–Trinajstić information content (AvgIpc) is 2.87. The number of aliphatic hydroxyl groups excluding tert-OH is 1. The van der Waals surface area contributed by atoms with E-state index < -0.39 is 0 Å². The topological polar surface area (TPSA) is 86.2 Å². The Balaban J connectivity index is 2.25. The van der Waals surface area contributed by atoms with E-state index in [2.05, 4.69) is 25.6 Å². The summed E-state index contributed by atoms with van der Waals surface area (Å²) in [7, 11) is 5.54. The minimum absolute atomic E-state index is 0.102. The van der Waals surface area contributed by atoms with Crippen LogP contribution in [0.5, 0.6) is 0 Å². The van der Waals surface area contributed by atoms with Crippen molar-refractivity contribution in [2.45, 2.75) is 31.2 Å². The van der Waals surface area contributed by atoms with E-state index in [0.29, 0.717) is 17.8 Å². The molecule has 1 aliphatic carbocycles. The number of nitrogens with zero attached hydrogens (tertiary/aromatic N) is 4. The number of anilines is 3. The Morgan fingerprint density at radius 1 is 1.16 bits per heavy atom. The number of hydrogen-bond acceptors (Lipinski definition) is 7. The first-order valence-corrected chi connectivity index (χ1v) is 6.59. The van der Waals surface area contributed by atoms with Gasteiger partial charge in [-0.05, 0) is 12.8 Å². The zero-order chi connectivity index (χ0) is 13.9. The zero-order valence-corrected chi connectivity index (χ0v) is 11.8. The van der Waals surface area contributed by atoms with Gasteiger partial charge in [0.1, 0.15) is 0 Å². The van der Waals surface area contributed by atoms with E-state index in [0.717, 1.165) is 25.7 Å². The third-order valence-corrected chi connectivity index (χ3v) is 3.49. The molecule has 0 spiro atoms. The lowest BCUT2D eigenvalue weighted by Crippen LogP contribution is -2.40. The molecule has 3 N–H and O–H groups in total. The number of aromatic nitrogens is 3. The van der Waals surface area contributed by atoms with E-state index in [1.54, 1.807) is 7.05 Å². The van der Waals surface area contributed by atoms with Crippen LogP contribution < -0.4 is 15.5 Å². The minimum Gasteiger partial charge on any atom is -0.394 e.